The quantitative estimate of drug-likeness (QED) is 0.160. The Kier molecular flexibility index (Phi) is 8.10. The summed E-state index contributed by atoms with van der Waals surface area (Å²) in [6.07, 6.45) is 0. The lowest BCUT2D eigenvalue weighted by Crippen LogP contribution is -2.38. The minimum Gasteiger partial charge on any atom is -0.504 e. The zero-order valence-electron chi connectivity index (χ0n) is 22.1. The second-order valence-corrected chi connectivity index (χ2v) is 11.3. The zero-order valence-corrected chi connectivity index (χ0v) is 23.7. The standard InChI is InChI=1S/C30H30N4O4S2/c1-36-26-4-2-3-21(29(26)35)18-31-22-6-9-24(10-7-22)40-33-30-32-28-25-11-8-23(17-20(25)5-12-27(28)39-30)38-19-34-13-15-37-16-14-34/h2-12,17,31,35H,13-16,18-19H2,1H3,(H,32,33). The van der Waals surface area contributed by atoms with Gasteiger partial charge < -0.3 is 29.4 Å². The molecule has 4 aromatic carbocycles. The predicted molar refractivity (Wildman–Crippen MR) is 163 cm³/mol. The Labute approximate surface area is 241 Å². The largest absolute Gasteiger partial charge is 0.504 e. The molecule has 0 radical (unpaired) electrons. The molecule has 1 aliphatic heterocycles. The molecule has 206 valence electrons. The molecule has 0 spiro atoms. The molecule has 0 amide bonds. The fourth-order valence-corrected chi connectivity index (χ4v) is 6.09. The molecule has 2 heterocycles. The van der Waals surface area contributed by atoms with Gasteiger partial charge in [0, 0.05) is 41.2 Å². The first kappa shape index (κ1) is 26.5. The first-order valence-electron chi connectivity index (χ1n) is 13.0. The molecule has 0 bridgehead atoms. The van der Waals surface area contributed by atoms with Crippen molar-refractivity contribution in [1.29, 1.82) is 0 Å². The van der Waals surface area contributed by atoms with Crippen LogP contribution in [0.15, 0.2) is 77.7 Å². The number of phenolic OH excluding ortho intramolecular Hbond substituents is 1. The highest BCUT2D eigenvalue weighted by Crippen LogP contribution is 2.35. The SMILES string of the molecule is COc1cccc(CNc2ccc(SNc3nc4c(ccc5cc(OCN6CCOCC6)ccc54)s3)cc2)c1O. The fraction of sp³-hybridized carbons (Fsp3) is 0.233. The number of hydrogen-bond acceptors (Lipinski definition) is 10. The van der Waals surface area contributed by atoms with E-state index in [0.717, 1.165) is 74.3 Å². The van der Waals surface area contributed by atoms with Gasteiger partial charge in [-0.3, -0.25) is 4.90 Å². The van der Waals surface area contributed by atoms with Crippen LogP contribution in [-0.2, 0) is 11.3 Å². The Morgan fingerprint density at radius 1 is 1.05 bits per heavy atom. The number of anilines is 2. The van der Waals surface area contributed by atoms with Gasteiger partial charge in [0.1, 0.15) is 12.5 Å². The number of ether oxygens (including phenoxy) is 3. The van der Waals surface area contributed by atoms with E-state index in [2.05, 4.69) is 39.2 Å². The molecule has 1 aliphatic rings. The summed E-state index contributed by atoms with van der Waals surface area (Å²) < 4.78 is 21.2. The number of para-hydroxylation sites is 1. The van der Waals surface area contributed by atoms with Gasteiger partial charge in [0.25, 0.3) is 0 Å². The van der Waals surface area contributed by atoms with Crippen LogP contribution >= 0.6 is 23.3 Å². The number of benzene rings is 4. The predicted octanol–water partition coefficient (Wildman–Crippen LogP) is 6.56. The molecular weight excluding hydrogens is 544 g/mol. The van der Waals surface area contributed by atoms with Crippen LogP contribution in [0.5, 0.6) is 17.2 Å². The summed E-state index contributed by atoms with van der Waals surface area (Å²) in [5.41, 5.74) is 2.73. The Balaban J connectivity index is 1.07. The Morgan fingerprint density at radius 3 is 2.73 bits per heavy atom. The molecule has 8 nitrogen and oxygen atoms in total. The van der Waals surface area contributed by atoms with Crippen molar-refractivity contribution in [2.75, 3.05) is 50.2 Å². The van der Waals surface area contributed by atoms with Gasteiger partial charge in [0.2, 0.25) is 0 Å². The van der Waals surface area contributed by atoms with E-state index < -0.39 is 0 Å². The van der Waals surface area contributed by atoms with Crippen LogP contribution in [0.2, 0.25) is 0 Å². The Morgan fingerprint density at radius 2 is 1.90 bits per heavy atom. The van der Waals surface area contributed by atoms with Crippen molar-refractivity contribution < 1.29 is 19.3 Å². The van der Waals surface area contributed by atoms with Crippen molar-refractivity contribution in [3.8, 4) is 17.2 Å². The monoisotopic (exact) mass is 574 g/mol. The minimum atomic E-state index is 0.162. The summed E-state index contributed by atoms with van der Waals surface area (Å²) in [7, 11) is 1.55. The van der Waals surface area contributed by atoms with Crippen molar-refractivity contribution in [2.45, 2.75) is 11.4 Å². The normalized spacial score (nSPS) is 13.9. The van der Waals surface area contributed by atoms with Crippen molar-refractivity contribution in [2.24, 2.45) is 0 Å². The molecule has 1 aromatic heterocycles. The lowest BCUT2D eigenvalue weighted by molar-refractivity contribution is 0.00410. The molecule has 10 heteroatoms. The van der Waals surface area contributed by atoms with Crippen molar-refractivity contribution in [3.05, 3.63) is 78.4 Å². The molecule has 40 heavy (non-hydrogen) atoms. The molecule has 0 aliphatic carbocycles. The van der Waals surface area contributed by atoms with E-state index in [0.29, 0.717) is 19.0 Å². The maximum Gasteiger partial charge on any atom is 0.194 e. The van der Waals surface area contributed by atoms with Gasteiger partial charge in [-0.2, -0.15) is 0 Å². The summed E-state index contributed by atoms with van der Waals surface area (Å²) in [4.78, 5) is 8.21. The third-order valence-corrected chi connectivity index (χ3v) is 8.63. The Bertz CT molecular complexity index is 1600. The topological polar surface area (TPSA) is 88.1 Å². The van der Waals surface area contributed by atoms with E-state index in [1.54, 1.807) is 24.5 Å². The van der Waals surface area contributed by atoms with E-state index in [1.165, 1.54) is 11.9 Å². The summed E-state index contributed by atoms with van der Waals surface area (Å²) >= 11 is 3.17. The number of aromatic hydroxyl groups is 1. The fourth-order valence-electron chi connectivity index (χ4n) is 4.54. The van der Waals surface area contributed by atoms with Crippen LogP contribution < -0.4 is 19.5 Å². The first-order valence-corrected chi connectivity index (χ1v) is 14.7. The number of hydrogen-bond donors (Lipinski definition) is 3. The summed E-state index contributed by atoms with van der Waals surface area (Å²) in [6, 6.07) is 24.1. The summed E-state index contributed by atoms with van der Waals surface area (Å²) in [6.45, 7) is 4.39. The van der Waals surface area contributed by atoms with Gasteiger partial charge in [0.05, 0.1) is 30.5 Å². The van der Waals surface area contributed by atoms with E-state index in [-0.39, 0.29) is 5.75 Å². The van der Waals surface area contributed by atoms with Gasteiger partial charge in [0.15, 0.2) is 16.6 Å². The molecule has 0 unspecified atom stereocenters. The molecule has 0 saturated carbocycles. The number of fused-ring (bicyclic) bond motifs is 3. The van der Waals surface area contributed by atoms with E-state index >= 15 is 0 Å². The molecule has 1 saturated heterocycles. The number of thiazole rings is 1. The van der Waals surface area contributed by atoms with Crippen LogP contribution in [0.1, 0.15) is 5.56 Å². The number of rotatable bonds is 10. The van der Waals surface area contributed by atoms with Gasteiger partial charge in [-0.1, -0.05) is 29.5 Å². The second kappa shape index (κ2) is 12.2. The minimum absolute atomic E-state index is 0.162. The summed E-state index contributed by atoms with van der Waals surface area (Å²) in [5, 5.41) is 16.7. The first-order chi connectivity index (χ1) is 19.7. The van der Waals surface area contributed by atoms with Crippen LogP contribution in [0.4, 0.5) is 10.8 Å². The van der Waals surface area contributed by atoms with E-state index in [9.17, 15) is 5.11 Å². The number of aromatic nitrogens is 1. The third kappa shape index (κ3) is 6.05. The number of methoxy groups -OCH3 is 1. The maximum absolute atomic E-state index is 10.3. The van der Waals surface area contributed by atoms with Gasteiger partial charge in [-0.05, 0) is 71.9 Å². The molecule has 3 N–H and O–H groups in total. The maximum atomic E-state index is 10.3. The number of phenols is 1. The van der Waals surface area contributed by atoms with Gasteiger partial charge in [-0.25, -0.2) is 4.98 Å². The Hall–Kier alpha value is -3.70. The molecule has 1 fully saturated rings. The molecule has 5 aromatic rings. The van der Waals surface area contributed by atoms with Crippen molar-refractivity contribution in [3.63, 3.8) is 0 Å². The average molecular weight is 575 g/mol. The highest BCUT2D eigenvalue weighted by atomic mass is 32.2. The van der Waals surface area contributed by atoms with Crippen LogP contribution in [0.3, 0.4) is 0 Å². The number of morpholine rings is 1. The van der Waals surface area contributed by atoms with Gasteiger partial charge >= 0.3 is 0 Å². The van der Waals surface area contributed by atoms with Crippen molar-refractivity contribution >= 4 is 55.1 Å². The average Bonchev–Trinajstić information content (AvgIpc) is 3.43. The lowest BCUT2D eigenvalue weighted by Gasteiger charge is -2.26. The second-order valence-electron chi connectivity index (χ2n) is 9.37. The molecular formula is C30H30N4O4S2. The summed E-state index contributed by atoms with van der Waals surface area (Å²) in [5.74, 6) is 1.49. The van der Waals surface area contributed by atoms with Crippen LogP contribution in [0, 0.1) is 0 Å². The van der Waals surface area contributed by atoms with E-state index in [1.807, 2.05) is 42.5 Å². The van der Waals surface area contributed by atoms with Gasteiger partial charge in [-0.15, -0.1) is 0 Å². The van der Waals surface area contributed by atoms with Crippen LogP contribution in [0.25, 0.3) is 21.0 Å². The zero-order chi connectivity index (χ0) is 27.3. The lowest BCUT2D eigenvalue weighted by atomic mass is 10.1. The van der Waals surface area contributed by atoms with Crippen LogP contribution in [-0.4, -0.2) is 55.1 Å². The highest BCUT2D eigenvalue weighted by Gasteiger charge is 2.12. The van der Waals surface area contributed by atoms with E-state index in [4.69, 9.17) is 19.2 Å². The molecule has 0 atom stereocenters. The van der Waals surface area contributed by atoms with Crippen molar-refractivity contribution in [1.82, 2.24) is 9.88 Å². The number of nitrogens with one attached hydrogen (secondary N) is 2. The smallest absolute Gasteiger partial charge is 0.194 e. The number of nitrogens with zero attached hydrogens (tertiary/aromatic N) is 2. The molecule has 6 rings (SSSR count). The third-order valence-electron chi connectivity index (χ3n) is 6.76. The highest BCUT2D eigenvalue weighted by molar-refractivity contribution is 8.00.